The summed E-state index contributed by atoms with van der Waals surface area (Å²) in [5.74, 6) is 0.513. The number of amides is 1. The van der Waals surface area contributed by atoms with Crippen molar-refractivity contribution in [3.05, 3.63) is 59.7 Å². The third-order valence-electron chi connectivity index (χ3n) is 3.04. The molecule has 0 unspecified atom stereocenters. The van der Waals surface area contributed by atoms with Crippen LogP contribution in [-0.2, 0) is 0 Å². The zero-order valence-corrected chi connectivity index (χ0v) is 11.3. The van der Waals surface area contributed by atoms with E-state index in [1.807, 2.05) is 6.07 Å². The molecular weight excluding hydrogens is 252 g/mol. The summed E-state index contributed by atoms with van der Waals surface area (Å²) < 4.78 is 5.08. The summed E-state index contributed by atoms with van der Waals surface area (Å²) in [6.45, 7) is 0. The first kappa shape index (κ1) is 13.6. The van der Waals surface area contributed by atoms with Gasteiger partial charge >= 0.3 is 0 Å². The standard InChI is InChI=1S/C16H14N2O2/c1-18(13-7-9-14(20-2)10-8-13)16(19)15-6-4-3-5-12(15)11-17/h3-10H,1-2H3. The van der Waals surface area contributed by atoms with E-state index >= 15 is 0 Å². The van der Waals surface area contributed by atoms with Crippen molar-refractivity contribution in [2.24, 2.45) is 0 Å². The number of anilines is 1. The molecule has 0 spiro atoms. The van der Waals surface area contributed by atoms with E-state index in [2.05, 4.69) is 0 Å². The number of benzene rings is 2. The molecule has 20 heavy (non-hydrogen) atoms. The summed E-state index contributed by atoms with van der Waals surface area (Å²) in [5.41, 5.74) is 1.51. The van der Waals surface area contributed by atoms with Gasteiger partial charge in [0.05, 0.1) is 24.3 Å². The lowest BCUT2D eigenvalue weighted by Gasteiger charge is -2.18. The molecule has 2 aromatic rings. The van der Waals surface area contributed by atoms with Gasteiger partial charge < -0.3 is 9.64 Å². The van der Waals surface area contributed by atoms with E-state index in [9.17, 15) is 4.79 Å². The molecule has 0 atom stereocenters. The predicted octanol–water partition coefficient (Wildman–Crippen LogP) is 2.84. The molecule has 0 aliphatic heterocycles. The monoisotopic (exact) mass is 266 g/mol. The van der Waals surface area contributed by atoms with Crippen molar-refractivity contribution in [3.63, 3.8) is 0 Å². The minimum absolute atomic E-state index is 0.215. The summed E-state index contributed by atoms with van der Waals surface area (Å²) in [6.07, 6.45) is 0. The number of ether oxygens (including phenoxy) is 1. The highest BCUT2D eigenvalue weighted by atomic mass is 16.5. The Morgan fingerprint density at radius 1 is 1.15 bits per heavy atom. The fourth-order valence-electron chi connectivity index (χ4n) is 1.87. The highest BCUT2D eigenvalue weighted by Gasteiger charge is 2.16. The molecule has 0 saturated heterocycles. The lowest BCUT2D eigenvalue weighted by Crippen LogP contribution is -2.26. The second kappa shape index (κ2) is 5.89. The van der Waals surface area contributed by atoms with Gasteiger partial charge in [0, 0.05) is 12.7 Å². The zero-order valence-electron chi connectivity index (χ0n) is 11.3. The van der Waals surface area contributed by atoms with Crippen LogP contribution in [0.2, 0.25) is 0 Å². The van der Waals surface area contributed by atoms with Gasteiger partial charge in [0.2, 0.25) is 0 Å². The van der Waals surface area contributed by atoms with Crippen LogP contribution in [0.1, 0.15) is 15.9 Å². The summed E-state index contributed by atoms with van der Waals surface area (Å²) >= 11 is 0. The molecule has 0 aliphatic rings. The Balaban J connectivity index is 2.30. The number of rotatable bonds is 3. The quantitative estimate of drug-likeness (QED) is 0.858. The summed E-state index contributed by atoms with van der Waals surface area (Å²) in [4.78, 5) is 13.9. The number of hydrogen-bond acceptors (Lipinski definition) is 3. The topological polar surface area (TPSA) is 53.3 Å². The van der Waals surface area contributed by atoms with Crippen LogP contribution in [-0.4, -0.2) is 20.1 Å². The minimum atomic E-state index is -0.215. The van der Waals surface area contributed by atoms with Crippen molar-refractivity contribution in [2.45, 2.75) is 0 Å². The molecule has 0 aromatic heterocycles. The summed E-state index contributed by atoms with van der Waals surface area (Å²) in [6, 6.07) is 16.0. The average molecular weight is 266 g/mol. The fourth-order valence-corrected chi connectivity index (χ4v) is 1.87. The van der Waals surface area contributed by atoms with E-state index < -0.39 is 0 Å². The molecule has 0 saturated carbocycles. The number of methoxy groups -OCH3 is 1. The van der Waals surface area contributed by atoms with Crippen molar-refractivity contribution in [3.8, 4) is 11.8 Å². The first-order valence-corrected chi connectivity index (χ1v) is 6.08. The maximum Gasteiger partial charge on any atom is 0.259 e. The molecule has 0 N–H and O–H groups in total. The number of hydrogen-bond donors (Lipinski definition) is 0. The molecule has 2 rings (SSSR count). The van der Waals surface area contributed by atoms with E-state index in [1.165, 1.54) is 4.90 Å². The molecule has 4 nitrogen and oxygen atoms in total. The van der Waals surface area contributed by atoms with Crippen LogP contribution in [0.5, 0.6) is 5.75 Å². The van der Waals surface area contributed by atoms with Crippen LogP contribution >= 0.6 is 0 Å². The van der Waals surface area contributed by atoms with Crippen molar-refractivity contribution in [1.82, 2.24) is 0 Å². The normalized spacial score (nSPS) is 9.65. The molecule has 0 radical (unpaired) electrons. The smallest absolute Gasteiger partial charge is 0.259 e. The second-order valence-electron chi connectivity index (χ2n) is 4.22. The summed E-state index contributed by atoms with van der Waals surface area (Å²) in [5, 5.41) is 9.05. The van der Waals surface area contributed by atoms with E-state index in [0.717, 1.165) is 11.4 Å². The Kier molecular flexibility index (Phi) is 4.02. The molecule has 0 bridgehead atoms. The Hall–Kier alpha value is -2.80. The van der Waals surface area contributed by atoms with Crippen LogP contribution in [0.3, 0.4) is 0 Å². The Labute approximate surface area is 117 Å². The van der Waals surface area contributed by atoms with Gasteiger partial charge in [-0.3, -0.25) is 4.79 Å². The van der Waals surface area contributed by atoms with Crippen LogP contribution < -0.4 is 9.64 Å². The van der Waals surface area contributed by atoms with Crippen molar-refractivity contribution in [2.75, 3.05) is 19.1 Å². The van der Waals surface area contributed by atoms with Gasteiger partial charge in [-0.2, -0.15) is 5.26 Å². The first-order valence-electron chi connectivity index (χ1n) is 6.08. The first-order chi connectivity index (χ1) is 9.67. The molecule has 1 amide bonds. The molecule has 4 heteroatoms. The number of carbonyl (C=O) groups excluding carboxylic acids is 1. The van der Waals surface area contributed by atoms with Crippen molar-refractivity contribution in [1.29, 1.82) is 5.26 Å². The zero-order chi connectivity index (χ0) is 14.5. The van der Waals surface area contributed by atoms with Gasteiger partial charge in [-0.25, -0.2) is 0 Å². The van der Waals surface area contributed by atoms with Crippen LogP contribution in [0.4, 0.5) is 5.69 Å². The maximum absolute atomic E-state index is 12.4. The number of nitrogens with zero attached hydrogens (tertiary/aromatic N) is 2. The predicted molar refractivity (Wildman–Crippen MR) is 76.9 cm³/mol. The van der Waals surface area contributed by atoms with Crippen molar-refractivity contribution >= 4 is 11.6 Å². The lowest BCUT2D eigenvalue weighted by molar-refractivity contribution is 0.0992. The molecule has 0 fully saturated rings. The third-order valence-corrected chi connectivity index (χ3v) is 3.04. The second-order valence-corrected chi connectivity index (χ2v) is 4.22. The Bertz CT molecular complexity index is 657. The molecule has 0 heterocycles. The van der Waals surface area contributed by atoms with E-state index in [-0.39, 0.29) is 5.91 Å². The highest BCUT2D eigenvalue weighted by molar-refractivity contribution is 6.07. The van der Waals surface area contributed by atoms with E-state index in [0.29, 0.717) is 11.1 Å². The van der Waals surface area contributed by atoms with Crippen LogP contribution in [0.25, 0.3) is 0 Å². The molecule has 100 valence electrons. The SMILES string of the molecule is COc1ccc(N(C)C(=O)c2ccccc2C#N)cc1. The highest BCUT2D eigenvalue weighted by Crippen LogP contribution is 2.20. The van der Waals surface area contributed by atoms with Gasteiger partial charge in [0.1, 0.15) is 5.75 Å². The largest absolute Gasteiger partial charge is 0.497 e. The van der Waals surface area contributed by atoms with Gasteiger partial charge in [-0.1, -0.05) is 12.1 Å². The molecular formula is C16H14N2O2. The maximum atomic E-state index is 12.4. The van der Waals surface area contributed by atoms with Gasteiger partial charge in [0.15, 0.2) is 0 Å². The minimum Gasteiger partial charge on any atom is -0.497 e. The Morgan fingerprint density at radius 2 is 1.80 bits per heavy atom. The fraction of sp³-hybridized carbons (Fsp3) is 0.125. The van der Waals surface area contributed by atoms with E-state index in [4.69, 9.17) is 10.00 Å². The lowest BCUT2D eigenvalue weighted by atomic mass is 10.1. The molecule has 0 aliphatic carbocycles. The van der Waals surface area contributed by atoms with Gasteiger partial charge in [0.25, 0.3) is 5.91 Å². The number of carbonyl (C=O) groups is 1. The third kappa shape index (κ3) is 2.62. The van der Waals surface area contributed by atoms with Gasteiger partial charge in [-0.15, -0.1) is 0 Å². The summed E-state index contributed by atoms with van der Waals surface area (Å²) in [7, 11) is 3.27. The average Bonchev–Trinajstić information content (AvgIpc) is 2.53. The van der Waals surface area contributed by atoms with Crippen LogP contribution in [0.15, 0.2) is 48.5 Å². The Morgan fingerprint density at radius 3 is 2.40 bits per heavy atom. The van der Waals surface area contributed by atoms with Crippen molar-refractivity contribution < 1.29 is 9.53 Å². The molecule has 2 aromatic carbocycles. The number of nitriles is 1. The van der Waals surface area contributed by atoms with E-state index in [1.54, 1.807) is 62.7 Å². The van der Waals surface area contributed by atoms with Crippen LogP contribution in [0, 0.1) is 11.3 Å². The van der Waals surface area contributed by atoms with Gasteiger partial charge in [-0.05, 0) is 36.4 Å².